The number of esters is 1. The zero-order valence-corrected chi connectivity index (χ0v) is 17.5. The average Bonchev–Trinajstić information content (AvgIpc) is 3.10. The summed E-state index contributed by atoms with van der Waals surface area (Å²) in [6.07, 6.45) is 0.738. The van der Waals surface area contributed by atoms with Gasteiger partial charge in [0.15, 0.2) is 5.96 Å². The molecular weight excluding hydrogens is 372 g/mol. The summed E-state index contributed by atoms with van der Waals surface area (Å²) in [6, 6.07) is 9.25. The molecule has 2 N–H and O–H groups in total. The third kappa shape index (κ3) is 6.10. The van der Waals surface area contributed by atoms with Crippen molar-refractivity contribution in [3.8, 4) is 0 Å². The maximum absolute atomic E-state index is 12.1. The number of nitrogens with zero attached hydrogens (tertiary/aromatic N) is 2. The molecule has 0 aliphatic carbocycles. The van der Waals surface area contributed by atoms with E-state index in [0.29, 0.717) is 41.7 Å². The van der Waals surface area contributed by atoms with Crippen LogP contribution < -0.4 is 10.6 Å². The van der Waals surface area contributed by atoms with Crippen molar-refractivity contribution in [1.82, 2.24) is 15.5 Å². The normalized spacial score (nSPS) is 11.1. The molecule has 0 saturated carbocycles. The number of furan rings is 1. The van der Waals surface area contributed by atoms with Gasteiger partial charge < -0.3 is 24.7 Å². The highest BCUT2D eigenvalue weighted by Gasteiger charge is 2.15. The maximum Gasteiger partial charge on any atom is 0.341 e. The Morgan fingerprint density at radius 3 is 2.62 bits per heavy atom. The Bertz CT molecular complexity index is 887. The van der Waals surface area contributed by atoms with E-state index in [0.717, 1.165) is 12.0 Å². The first-order valence-corrected chi connectivity index (χ1v) is 9.28. The first-order valence-electron chi connectivity index (χ1n) is 9.28. The van der Waals surface area contributed by atoms with E-state index >= 15 is 0 Å². The molecule has 0 spiro atoms. The van der Waals surface area contributed by atoms with Crippen molar-refractivity contribution in [3.05, 3.63) is 58.5 Å². The zero-order chi connectivity index (χ0) is 21.4. The summed E-state index contributed by atoms with van der Waals surface area (Å²) in [4.78, 5) is 29.5. The van der Waals surface area contributed by atoms with E-state index in [4.69, 9.17) is 9.15 Å². The van der Waals surface area contributed by atoms with Crippen LogP contribution in [0.25, 0.3) is 0 Å². The smallest absolute Gasteiger partial charge is 0.341 e. The number of rotatable bonds is 7. The summed E-state index contributed by atoms with van der Waals surface area (Å²) in [5, 5.41) is 6.37. The Morgan fingerprint density at radius 1 is 1.21 bits per heavy atom. The van der Waals surface area contributed by atoms with Gasteiger partial charge in [0.05, 0.1) is 13.7 Å². The minimum absolute atomic E-state index is 0.0163. The second-order valence-corrected chi connectivity index (χ2v) is 6.68. The molecule has 1 aromatic carbocycles. The number of hydrogen-bond acceptors (Lipinski definition) is 5. The number of amides is 1. The van der Waals surface area contributed by atoms with Gasteiger partial charge in [-0.15, -0.1) is 0 Å². The van der Waals surface area contributed by atoms with E-state index in [1.165, 1.54) is 7.11 Å². The Hall–Kier alpha value is -3.29. The number of benzene rings is 1. The van der Waals surface area contributed by atoms with E-state index < -0.39 is 5.97 Å². The van der Waals surface area contributed by atoms with Gasteiger partial charge in [-0.1, -0.05) is 12.1 Å². The van der Waals surface area contributed by atoms with Gasteiger partial charge in [-0.25, -0.2) is 4.79 Å². The highest BCUT2D eigenvalue weighted by atomic mass is 16.5. The molecule has 0 aliphatic heterocycles. The second-order valence-electron chi connectivity index (χ2n) is 6.68. The first-order chi connectivity index (χ1) is 13.8. The number of carbonyl (C=O) groups excluding carboxylic acids is 2. The molecule has 0 atom stereocenters. The van der Waals surface area contributed by atoms with Crippen molar-refractivity contribution >= 4 is 17.8 Å². The van der Waals surface area contributed by atoms with Gasteiger partial charge in [-0.3, -0.25) is 9.79 Å². The number of carbonyl (C=O) groups is 2. The third-order valence-corrected chi connectivity index (χ3v) is 4.31. The summed E-state index contributed by atoms with van der Waals surface area (Å²) >= 11 is 0. The number of nitrogens with one attached hydrogen (secondary N) is 2. The van der Waals surface area contributed by atoms with Crippen LogP contribution in [0.5, 0.6) is 0 Å². The van der Waals surface area contributed by atoms with Gasteiger partial charge >= 0.3 is 5.97 Å². The van der Waals surface area contributed by atoms with Crippen LogP contribution in [0.15, 0.2) is 39.7 Å². The number of guanidine groups is 1. The van der Waals surface area contributed by atoms with Crippen LogP contribution in [-0.4, -0.2) is 57.5 Å². The number of ether oxygens (including phenoxy) is 1. The molecule has 0 unspecified atom stereocenters. The summed E-state index contributed by atoms with van der Waals surface area (Å²) < 4.78 is 10.3. The fraction of sp³-hybridized carbons (Fsp3) is 0.381. The first kappa shape index (κ1) is 22.0. The highest BCUT2D eigenvalue weighted by Crippen LogP contribution is 2.15. The number of methoxy groups -OCH3 is 1. The molecule has 2 rings (SSSR count). The third-order valence-electron chi connectivity index (χ3n) is 4.31. The predicted octanol–water partition coefficient (Wildman–Crippen LogP) is 1.98. The minimum atomic E-state index is -0.421. The predicted molar refractivity (Wildman–Crippen MR) is 111 cm³/mol. The lowest BCUT2D eigenvalue weighted by atomic mass is 10.1. The standard InChI is InChI=1S/C21H28N4O4/c1-14-18(20(27)28-5)12-17(29-14)13-24-21(22-2)23-10-9-15-7-6-8-16(11-15)19(26)25(3)4/h6-8,11-12H,9-10,13H2,1-5H3,(H2,22,23,24). The molecule has 8 nitrogen and oxygen atoms in total. The van der Waals surface area contributed by atoms with Crippen molar-refractivity contribution in [3.63, 3.8) is 0 Å². The Kier molecular flexibility index (Phi) is 7.82. The van der Waals surface area contributed by atoms with Gasteiger partial charge in [0.25, 0.3) is 5.91 Å². The molecule has 0 radical (unpaired) electrons. The summed E-state index contributed by atoms with van der Waals surface area (Å²) in [6.45, 7) is 2.74. The lowest BCUT2D eigenvalue weighted by molar-refractivity contribution is 0.0598. The van der Waals surface area contributed by atoms with Crippen molar-refractivity contribution < 1.29 is 18.7 Å². The molecule has 29 heavy (non-hydrogen) atoms. The molecule has 156 valence electrons. The molecular formula is C21H28N4O4. The molecule has 0 bridgehead atoms. The maximum atomic E-state index is 12.1. The largest absolute Gasteiger partial charge is 0.465 e. The topological polar surface area (TPSA) is 96.2 Å². The fourth-order valence-corrected chi connectivity index (χ4v) is 2.78. The molecule has 1 aromatic heterocycles. The molecule has 8 heteroatoms. The minimum Gasteiger partial charge on any atom is -0.465 e. The molecule has 0 saturated heterocycles. The molecule has 1 amide bonds. The van der Waals surface area contributed by atoms with E-state index in [1.807, 2.05) is 24.3 Å². The van der Waals surface area contributed by atoms with Gasteiger partial charge in [0.2, 0.25) is 0 Å². The lowest BCUT2D eigenvalue weighted by Gasteiger charge is -2.13. The van der Waals surface area contributed by atoms with Crippen molar-refractivity contribution in [2.75, 3.05) is 34.8 Å². The van der Waals surface area contributed by atoms with Crippen LogP contribution in [0.2, 0.25) is 0 Å². The van der Waals surface area contributed by atoms with Crippen LogP contribution in [0.1, 0.15) is 37.8 Å². The highest BCUT2D eigenvalue weighted by molar-refractivity contribution is 5.94. The van der Waals surface area contributed by atoms with Crippen LogP contribution >= 0.6 is 0 Å². The summed E-state index contributed by atoms with van der Waals surface area (Å²) in [5.41, 5.74) is 2.15. The van der Waals surface area contributed by atoms with Crippen molar-refractivity contribution in [2.45, 2.75) is 19.9 Å². The van der Waals surface area contributed by atoms with Gasteiger partial charge in [-0.05, 0) is 37.1 Å². The van der Waals surface area contributed by atoms with E-state index in [1.54, 1.807) is 39.0 Å². The van der Waals surface area contributed by atoms with Gasteiger partial charge in [0, 0.05) is 33.3 Å². The molecule has 0 fully saturated rings. The van der Waals surface area contributed by atoms with Crippen LogP contribution in [0.4, 0.5) is 0 Å². The van der Waals surface area contributed by atoms with E-state index in [-0.39, 0.29) is 5.91 Å². The van der Waals surface area contributed by atoms with Crippen LogP contribution in [-0.2, 0) is 17.7 Å². The van der Waals surface area contributed by atoms with E-state index in [2.05, 4.69) is 15.6 Å². The lowest BCUT2D eigenvalue weighted by Crippen LogP contribution is -2.37. The van der Waals surface area contributed by atoms with Crippen molar-refractivity contribution in [2.24, 2.45) is 4.99 Å². The van der Waals surface area contributed by atoms with Crippen LogP contribution in [0, 0.1) is 6.92 Å². The van der Waals surface area contributed by atoms with E-state index in [9.17, 15) is 9.59 Å². The quantitative estimate of drug-likeness (QED) is 0.419. The average molecular weight is 400 g/mol. The molecule has 2 aromatic rings. The molecule has 1 heterocycles. The summed E-state index contributed by atoms with van der Waals surface area (Å²) in [5.74, 6) is 1.30. The van der Waals surface area contributed by atoms with Crippen LogP contribution in [0.3, 0.4) is 0 Å². The van der Waals surface area contributed by atoms with Gasteiger partial charge in [-0.2, -0.15) is 0 Å². The Morgan fingerprint density at radius 2 is 1.97 bits per heavy atom. The number of hydrogen-bond donors (Lipinski definition) is 2. The SMILES string of the molecule is CN=C(NCCc1cccc(C(=O)N(C)C)c1)NCc1cc(C(=O)OC)c(C)o1. The Labute approximate surface area is 170 Å². The second kappa shape index (κ2) is 10.3. The summed E-state index contributed by atoms with van der Waals surface area (Å²) in [7, 11) is 6.49. The zero-order valence-electron chi connectivity index (χ0n) is 17.5. The Balaban J connectivity index is 1.86. The number of aryl methyl sites for hydroxylation is 1. The fourth-order valence-electron chi connectivity index (χ4n) is 2.78. The monoisotopic (exact) mass is 400 g/mol. The van der Waals surface area contributed by atoms with Gasteiger partial charge in [0.1, 0.15) is 17.1 Å². The number of aliphatic imine (C=N–C) groups is 1. The molecule has 0 aliphatic rings. The van der Waals surface area contributed by atoms with Crippen molar-refractivity contribution in [1.29, 1.82) is 0 Å².